The first-order chi connectivity index (χ1) is 14.5. The van der Waals surface area contributed by atoms with E-state index in [9.17, 15) is 13.2 Å². The molecule has 0 radical (unpaired) electrons. The topological polar surface area (TPSA) is 138 Å². The average molecular weight is 431 g/mol. The van der Waals surface area contributed by atoms with Crippen LogP contribution in [0.5, 0.6) is 0 Å². The van der Waals surface area contributed by atoms with E-state index in [0.29, 0.717) is 17.6 Å². The number of carbonyl (C=O) groups is 1. The summed E-state index contributed by atoms with van der Waals surface area (Å²) >= 11 is 0. The summed E-state index contributed by atoms with van der Waals surface area (Å²) in [5, 5.41) is 2.47. The molecular weight excluding hydrogens is 414 g/mol. The van der Waals surface area contributed by atoms with Gasteiger partial charge >= 0.3 is 0 Å². The molecule has 3 aromatic rings. The van der Waals surface area contributed by atoms with E-state index >= 15 is 0 Å². The summed E-state index contributed by atoms with van der Waals surface area (Å²) < 4.78 is 43.4. The quantitative estimate of drug-likeness (QED) is 0.326. The second-order valence-electron chi connectivity index (χ2n) is 6.99. The van der Waals surface area contributed by atoms with Crippen molar-refractivity contribution in [3.8, 4) is 0 Å². The molecule has 1 aromatic carbocycles. The number of amides is 1. The SMILES string of the molecule is Cc1ccc(S(=O)(=O)OC[C@@H]2O[C@@H](n3cnc4c(NC=O)ncnc43)[C@@H]3O[C@@H]32)cc1. The first-order valence-electron chi connectivity index (χ1n) is 9.13. The number of fused-ring (bicyclic) bond motifs is 2. The number of aryl methyl sites for hydroxylation is 1. The lowest BCUT2D eigenvalue weighted by Crippen LogP contribution is -2.25. The fourth-order valence-corrected chi connectivity index (χ4v) is 4.40. The third kappa shape index (κ3) is 3.23. The summed E-state index contributed by atoms with van der Waals surface area (Å²) in [6.45, 7) is 1.70. The number of rotatable bonds is 7. The Kier molecular flexibility index (Phi) is 4.50. The minimum Gasteiger partial charge on any atom is -0.362 e. The molecule has 2 aromatic heterocycles. The van der Waals surface area contributed by atoms with Crippen molar-refractivity contribution in [1.29, 1.82) is 0 Å². The van der Waals surface area contributed by atoms with E-state index in [0.717, 1.165) is 5.56 Å². The third-order valence-electron chi connectivity index (χ3n) is 5.05. The molecule has 4 heterocycles. The molecule has 0 unspecified atom stereocenters. The highest BCUT2D eigenvalue weighted by molar-refractivity contribution is 7.86. The molecule has 4 atom stereocenters. The Bertz CT molecular complexity index is 1210. The van der Waals surface area contributed by atoms with Gasteiger partial charge in [-0.3, -0.25) is 13.5 Å². The van der Waals surface area contributed by atoms with E-state index in [1.54, 1.807) is 16.7 Å². The maximum Gasteiger partial charge on any atom is 0.297 e. The second kappa shape index (κ2) is 7.09. The molecule has 0 saturated carbocycles. The number of epoxide rings is 1. The van der Waals surface area contributed by atoms with Gasteiger partial charge in [0.15, 0.2) is 23.2 Å². The molecule has 1 amide bonds. The lowest BCUT2D eigenvalue weighted by Gasteiger charge is -2.18. The number of carbonyl (C=O) groups excluding carboxylic acids is 1. The van der Waals surface area contributed by atoms with Gasteiger partial charge in [0.25, 0.3) is 10.1 Å². The molecule has 0 bridgehead atoms. The van der Waals surface area contributed by atoms with Gasteiger partial charge in [0.2, 0.25) is 6.41 Å². The molecular formula is C18H17N5O6S. The Morgan fingerprint density at radius 1 is 1.17 bits per heavy atom. The van der Waals surface area contributed by atoms with E-state index in [1.165, 1.54) is 24.8 Å². The molecule has 2 aliphatic rings. The Morgan fingerprint density at radius 2 is 1.97 bits per heavy atom. The fraction of sp³-hybridized carbons (Fsp3) is 0.333. The molecule has 5 rings (SSSR count). The summed E-state index contributed by atoms with van der Waals surface area (Å²) in [4.78, 5) is 23.3. The molecule has 0 spiro atoms. The Hall–Kier alpha value is -2.93. The van der Waals surface area contributed by atoms with Crippen LogP contribution in [0.1, 0.15) is 11.8 Å². The number of hydrogen-bond donors (Lipinski definition) is 1. The molecule has 11 nitrogen and oxygen atoms in total. The summed E-state index contributed by atoms with van der Waals surface area (Å²) in [6.07, 6.45) is 1.67. The Morgan fingerprint density at radius 3 is 2.73 bits per heavy atom. The van der Waals surface area contributed by atoms with Crippen LogP contribution in [-0.4, -0.2) is 59.3 Å². The minimum atomic E-state index is -3.90. The number of anilines is 1. The Balaban J connectivity index is 1.31. The molecule has 2 fully saturated rings. The molecule has 12 heteroatoms. The highest BCUT2D eigenvalue weighted by Gasteiger charge is 2.59. The van der Waals surface area contributed by atoms with Crippen molar-refractivity contribution in [3.63, 3.8) is 0 Å². The molecule has 2 saturated heterocycles. The van der Waals surface area contributed by atoms with E-state index in [4.69, 9.17) is 13.7 Å². The second-order valence-corrected chi connectivity index (χ2v) is 8.61. The van der Waals surface area contributed by atoms with Crippen molar-refractivity contribution < 1.29 is 26.9 Å². The van der Waals surface area contributed by atoms with E-state index in [2.05, 4.69) is 20.3 Å². The van der Waals surface area contributed by atoms with Crippen LogP contribution in [0.3, 0.4) is 0 Å². The van der Waals surface area contributed by atoms with Gasteiger partial charge in [-0.05, 0) is 19.1 Å². The number of ether oxygens (including phenoxy) is 2. The van der Waals surface area contributed by atoms with Gasteiger partial charge in [-0.25, -0.2) is 15.0 Å². The van der Waals surface area contributed by atoms with Crippen LogP contribution in [0.15, 0.2) is 41.8 Å². The van der Waals surface area contributed by atoms with Crippen LogP contribution in [0.2, 0.25) is 0 Å². The first kappa shape index (κ1) is 19.1. The lowest BCUT2D eigenvalue weighted by atomic mass is 10.2. The highest BCUT2D eigenvalue weighted by Crippen LogP contribution is 2.46. The summed E-state index contributed by atoms with van der Waals surface area (Å²) in [5.74, 6) is 0.282. The highest BCUT2D eigenvalue weighted by atomic mass is 32.2. The van der Waals surface area contributed by atoms with Crippen LogP contribution in [0.4, 0.5) is 5.82 Å². The fourth-order valence-electron chi connectivity index (χ4n) is 3.49. The summed E-state index contributed by atoms with van der Waals surface area (Å²) in [6, 6.07) is 6.42. The maximum absolute atomic E-state index is 12.4. The first-order valence-corrected chi connectivity index (χ1v) is 10.5. The van der Waals surface area contributed by atoms with Crippen molar-refractivity contribution >= 4 is 33.5 Å². The van der Waals surface area contributed by atoms with Gasteiger partial charge in [-0.1, -0.05) is 17.7 Å². The van der Waals surface area contributed by atoms with E-state index < -0.39 is 22.4 Å². The van der Waals surface area contributed by atoms with Crippen molar-refractivity contribution in [2.75, 3.05) is 11.9 Å². The smallest absolute Gasteiger partial charge is 0.297 e. The van der Waals surface area contributed by atoms with Gasteiger partial charge < -0.3 is 14.8 Å². The van der Waals surface area contributed by atoms with Crippen molar-refractivity contribution in [1.82, 2.24) is 19.5 Å². The zero-order valence-electron chi connectivity index (χ0n) is 15.7. The largest absolute Gasteiger partial charge is 0.362 e. The summed E-state index contributed by atoms with van der Waals surface area (Å²) in [7, 11) is -3.90. The van der Waals surface area contributed by atoms with Crippen LogP contribution < -0.4 is 5.32 Å². The Labute approximate surface area is 171 Å². The number of aromatic nitrogens is 4. The van der Waals surface area contributed by atoms with Gasteiger partial charge in [-0.15, -0.1) is 0 Å². The maximum atomic E-state index is 12.4. The third-order valence-corrected chi connectivity index (χ3v) is 6.34. The molecule has 30 heavy (non-hydrogen) atoms. The zero-order valence-corrected chi connectivity index (χ0v) is 16.5. The predicted octanol–water partition coefficient (Wildman–Crippen LogP) is 0.773. The van der Waals surface area contributed by atoms with Crippen LogP contribution in [0.25, 0.3) is 11.2 Å². The number of benzene rings is 1. The van der Waals surface area contributed by atoms with Gasteiger partial charge in [0.05, 0.1) is 17.8 Å². The van der Waals surface area contributed by atoms with Crippen LogP contribution in [-0.2, 0) is 28.6 Å². The van der Waals surface area contributed by atoms with Crippen molar-refractivity contribution in [2.24, 2.45) is 0 Å². The number of imidazole rings is 1. The van der Waals surface area contributed by atoms with Gasteiger partial charge in [0, 0.05) is 0 Å². The monoisotopic (exact) mass is 431 g/mol. The number of nitrogens with one attached hydrogen (secondary N) is 1. The van der Waals surface area contributed by atoms with Gasteiger partial charge in [0.1, 0.15) is 24.6 Å². The molecule has 0 aliphatic carbocycles. The van der Waals surface area contributed by atoms with Crippen molar-refractivity contribution in [2.45, 2.75) is 36.4 Å². The van der Waals surface area contributed by atoms with Gasteiger partial charge in [-0.2, -0.15) is 8.42 Å². The lowest BCUT2D eigenvalue weighted by molar-refractivity contribution is -0.105. The molecule has 156 valence electrons. The van der Waals surface area contributed by atoms with E-state index in [1.807, 2.05) is 6.92 Å². The van der Waals surface area contributed by atoms with Crippen molar-refractivity contribution in [3.05, 3.63) is 42.5 Å². The minimum absolute atomic E-state index is 0.0865. The average Bonchev–Trinajstić information content (AvgIpc) is 3.26. The molecule has 2 aliphatic heterocycles. The number of nitrogens with zero attached hydrogens (tertiary/aromatic N) is 4. The normalized spacial score (nSPS) is 25.2. The predicted molar refractivity (Wildman–Crippen MR) is 102 cm³/mol. The summed E-state index contributed by atoms with van der Waals surface area (Å²) in [5.41, 5.74) is 1.82. The van der Waals surface area contributed by atoms with E-state index in [-0.39, 0.29) is 29.5 Å². The van der Waals surface area contributed by atoms with Crippen LogP contribution in [0, 0.1) is 6.92 Å². The zero-order chi connectivity index (χ0) is 20.9. The number of hydrogen-bond acceptors (Lipinski definition) is 9. The van der Waals surface area contributed by atoms with Crippen LogP contribution >= 0.6 is 0 Å². The standard InChI is InChI=1S/C18H17N5O6S/c1-10-2-4-11(5-3-10)30(25,26)27-6-12-14-15(29-14)18(28-12)23-8-21-13-16(22-9-24)19-7-20-17(13)23/h2-5,7-9,12,14-15,18H,6H2,1H3,(H,19,20,22,24)/t12-,14+,15+,18+/m0/s1. The molecule has 1 N–H and O–H groups in total.